The molecule has 9 heteroatoms. The van der Waals surface area contributed by atoms with E-state index in [0.717, 1.165) is 5.56 Å². The largest absolute Gasteiger partial charge is 0.353 e. The van der Waals surface area contributed by atoms with Gasteiger partial charge in [-0.1, -0.05) is 30.3 Å². The number of piperazine rings is 1. The Morgan fingerprint density at radius 3 is 2.42 bits per heavy atom. The van der Waals surface area contributed by atoms with Crippen LogP contribution in [0.5, 0.6) is 0 Å². The van der Waals surface area contributed by atoms with Crippen LogP contribution in [0.25, 0.3) is 0 Å². The molecule has 0 bridgehead atoms. The van der Waals surface area contributed by atoms with Gasteiger partial charge in [0, 0.05) is 32.4 Å². The normalized spacial score (nSPS) is 16.7. The molecule has 0 aromatic heterocycles. The molecule has 8 nitrogen and oxygen atoms in total. The van der Waals surface area contributed by atoms with E-state index in [1.54, 1.807) is 26.0 Å². The number of hydrogen-bond acceptors (Lipinski definition) is 5. The quantitative estimate of drug-likeness (QED) is 0.677. The predicted molar refractivity (Wildman–Crippen MR) is 119 cm³/mol. The Bertz CT molecular complexity index is 1040. The summed E-state index contributed by atoms with van der Waals surface area (Å²) in [7, 11) is -2.12. The maximum absolute atomic E-state index is 12.8. The van der Waals surface area contributed by atoms with Gasteiger partial charge in [-0.15, -0.1) is 0 Å². The Kier molecular flexibility index (Phi) is 6.78. The Morgan fingerprint density at radius 2 is 1.77 bits per heavy atom. The molecule has 2 aromatic carbocycles. The Morgan fingerprint density at radius 1 is 1.13 bits per heavy atom. The summed E-state index contributed by atoms with van der Waals surface area (Å²) in [5, 5.41) is 5.57. The van der Waals surface area contributed by atoms with E-state index in [0.29, 0.717) is 18.8 Å². The lowest BCUT2D eigenvalue weighted by Gasteiger charge is -2.40. The summed E-state index contributed by atoms with van der Waals surface area (Å²) in [4.78, 5) is 26.4. The zero-order chi connectivity index (χ0) is 22.6. The van der Waals surface area contributed by atoms with Crippen LogP contribution in [-0.2, 0) is 26.2 Å². The van der Waals surface area contributed by atoms with E-state index in [1.165, 1.54) is 23.5 Å². The van der Waals surface area contributed by atoms with Crippen molar-refractivity contribution in [1.29, 1.82) is 0 Å². The van der Waals surface area contributed by atoms with Gasteiger partial charge in [-0.25, -0.2) is 8.42 Å². The first-order valence-corrected chi connectivity index (χ1v) is 11.5. The Balaban J connectivity index is 1.63. The molecule has 1 aliphatic rings. The molecule has 2 amide bonds. The number of amides is 2. The van der Waals surface area contributed by atoms with Gasteiger partial charge in [0.1, 0.15) is 0 Å². The molecule has 2 N–H and O–H groups in total. The second-order valence-corrected chi connectivity index (χ2v) is 10.1. The number of rotatable bonds is 7. The lowest BCUT2D eigenvalue weighted by molar-refractivity contribution is -0.136. The van der Waals surface area contributed by atoms with Gasteiger partial charge in [-0.05, 0) is 43.7 Å². The van der Waals surface area contributed by atoms with Gasteiger partial charge < -0.3 is 10.6 Å². The molecule has 0 unspecified atom stereocenters. The molecule has 0 aliphatic carbocycles. The maximum Gasteiger partial charge on any atom is 0.243 e. The van der Waals surface area contributed by atoms with E-state index in [1.807, 2.05) is 35.2 Å². The van der Waals surface area contributed by atoms with Crippen LogP contribution in [0.3, 0.4) is 0 Å². The number of carbonyl (C=O) groups excluding carboxylic acids is 2. The highest BCUT2D eigenvalue weighted by molar-refractivity contribution is 7.89. The van der Waals surface area contributed by atoms with Crippen LogP contribution in [0.1, 0.15) is 19.4 Å². The highest BCUT2D eigenvalue weighted by Crippen LogP contribution is 2.20. The summed E-state index contributed by atoms with van der Waals surface area (Å²) in [5.41, 5.74) is 0.623. The first kappa shape index (κ1) is 22.9. The second kappa shape index (κ2) is 9.17. The summed E-state index contributed by atoms with van der Waals surface area (Å²) in [6.07, 6.45) is 0. The van der Waals surface area contributed by atoms with Crippen LogP contribution in [0.4, 0.5) is 5.69 Å². The minimum atomic E-state index is -3.66. The molecule has 1 fully saturated rings. The molecule has 0 atom stereocenters. The van der Waals surface area contributed by atoms with Crippen LogP contribution >= 0.6 is 0 Å². The average Bonchev–Trinajstić information content (AvgIpc) is 2.73. The van der Waals surface area contributed by atoms with Crippen LogP contribution in [-0.4, -0.2) is 61.7 Å². The molecule has 31 heavy (non-hydrogen) atoms. The third kappa shape index (κ3) is 5.30. The van der Waals surface area contributed by atoms with Gasteiger partial charge in [-0.2, -0.15) is 4.31 Å². The molecule has 3 rings (SSSR count). The van der Waals surface area contributed by atoms with Gasteiger partial charge in [0.05, 0.1) is 17.0 Å². The van der Waals surface area contributed by atoms with E-state index in [2.05, 4.69) is 10.6 Å². The lowest BCUT2D eigenvalue weighted by Crippen LogP contribution is -2.62. The molecule has 0 spiro atoms. The number of carbonyl (C=O) groups is 2. The number of sulfonamides is 1. The highest BCUT2D eigenvalue weighted by Gasteiger charge is 2.38. The fourth-order valence-corrected chi connectivity index (χ4v) is 4.57. The van der Waals surface area contributed by atoms with Crippen LogP contribution < -0.4 is 10.6 Å². The lowest BCUT2D eigenvalue weighted by atomic mass is 9.99. The van der Waals surface area contributed by atoms with Crippen molar-refractivity contribution in [3.8, 4) is 0 Å². The van der Waals surface area contributed by atoms with Gasteiger partial charge in [-0.3, -0.25) is 14.5 Å². The fraction of sp³-hybridized carbons (Fsp3) is 0.364. The summed E-state index contributed by atoms with van der Waals surface area (Å²) in [6, 6.07) is 15.4. The minimum absolute atomic E-state index is 0.0697. The molecule has 166 valence electrons. The third-order valence-electron chi connectivity index (χ3n) is 5.44. The van der Waals surface area contributed by atoms with Crippen molar-refractivity contribution < 1.29 is 18.0 Å². The second-order valence-electron chi connectivity index (χ2n) is 8.06. The SMILES string of the molecule is CN(Cc1ccccc1)S(=O)(=O)c1ccc(NC(=O)CN2CCNC(=O)C2(C)C)cc1. The van der Waals surface area contributed by atoms with Gasteiger partial charge in [0.2, 0.25) is 21.8 Å². The standard InChI is InChI=1S/C22H28N4O4S/c1-22(2)21(28)23-13-14-26(22)16-20(27)24-18-9-11-19(12-10-18)31(29,30)25(3)15-17-7-5-4-6-8-17/h4-12H,13-16H2,1-3H3,(H,23,28)(H,24,27). The van der Waals surface area contributed by atoms with Crippen LogP contribution in [0.15, 0.2) is 59.5 Å². The van der Waals surface area contributed by atoms with Crippen molar-refractivity contribution >= 4 is 27.5 Å². The number of nitrogens with zero attached hydrogens (tertiary/aromatic N) is 2. The predicted octanol–water partition coefficient (Wildman–Crippen LogP) is 1.66. The number of anilines is 1. The first-order chi connectivity index (χ1) is 14.6. The molecule has 1 saturated heterocycles. The van der Waals surface area contributed by atoms with E-state index in [-0.39, 0.29) is 29.8 Å². The van der Waals surface area contributed by atoms with E-state index in [9.17, 15) is 18.0 Å². The molecule has 2 aromatic rings. The maximum atomic E-state index is 12.8. The van der Waals surface area contributed by atoms with Crippen molar-refractivity contribution in [2.45, 2.75) is 30.8 Å². The molecule has 0 radical (unpaired) electrons. The van der Waals surface area contributed by atoms with Crippen molar-refractivity contribution in [2.24, 2.45) is 0 Å². The van der Waals surface area contributed by atoms with E-state index < -0.39 is 15.6 Å². The average molecular weight is 445 g/mol. The van der Waals surface area contributed by atoms with Gasteiger partial charge >= 0.3 is 0 Å². The summed E-state index contributed by atoms with van der Waals surface area (Å²) in [6.45, 7) is 4.97. The van der Waals surface area contributed by atoms with Crippen LogP contribution in [0, 0.1) is 0 Å². The molecule has 0 saturated carbocycles. The molecular weight excluding hydrogens is 416 g/mol. The van der Waals surface area contributed by atoms with E-state index in [4.69, 9.17) is 0 Å². The van der Waals surface area contributed by atoms with E-state index >= 15 is 0 Å². The zero-order valence-electron chi connectivity index (χ0n) is 18.0. The van der Waals surface area contributed by atoms with Crippen molar-refractivity contribution in [1.82, 2.24) is 14.5 Å². The highest BCUT2D eigenvalue weighted by atomic mass is 32.2. The number of benzene rings is 2. The molecule has 1 heterocycles. The minimum Gasteiger partial charge on any atom is -0.353 e. The summed E-state index contributed by atoms with van der Waals surface area (Å²) in [5.74, 6) is -0.375. The zero-order valence-corrected chi connectivity index (χ0v) is 18.8. The summed E-state index contributed by atoms with van der Waals surface area (Å²) < 4.78 is 26.9. The topological polar surface area (TPSA) is 98.8 Å². The number of hydrogen-bond donors (Lipinski definition) is 2. The Hall–Kier alpha value is -2.75. The monoisotopic (exact) mass is 444 g/mol. The van der Waals surface area contributed by atoms with Crippen molar-refractivity contribution in [3.05, 3.63) is 60.2 Å². The van der Waals surface area contributed by atoms with Crippen molar-refractivity contribution in [3.63, 3.8) is 0 Å². The third-order valence-corrected chi connectivity index (χ3v) is 7.26. The molecular formula is C22H28N4O4S. The molecule has 1 aliphatic heterocycles. The van der Waals surface area contributed by atoms with Crippen LogP contribution in [0.2, 0.25) is 0 Å². The summed E-state index contributed by atoms with van der Waals surface area (Å²) >= 11 is 0. The van der Waals surface area contributed by atoms with Crippen molar-refractivity contribution in [2.75, 3.05) is 32.0 Å². The van der Waals surface area contributed by atoms with Gasteiger partial charge in [0.15, 0.2) is 0 Å². The van der Waals surface area contributed by atoms with Gasteiger partial charge in [0.25, 0.3) is 0 Å². The first-order valence-electron chi connectivity index (χ1n) is 10.0. The fourth-order valence-electron chi connectivity index (χ4n) is 3.41. The number of nitrogens with one attached hydrogen (secondary N) is 2. The Labute approximate surface area is 183 Å². The smallest absolute Gasteiger partial charge is 0.243 e.